The first kappa shape index (κ1) is 14.7. The summed E-state index contributed by atoms with van der Waals surface area (Å²) in [6.07, 6.45) is 0. The van der Waals surface area contributed by atoms with Gasteiger partial charge in [-0.2, -0.15) is 0 Å². The molecule has 0 aliphatic carbocycles. The summed E-state index contributed by atoms with van der Waals surface area (Å²) in [5, 5.41) is 4.63. The lowest BCUT2D eigenvalue weighted by molar-refractivity contribution is 0.675. The molecule has 4 heteroatoms. The quantitative estimate of drug-likeness (QED) is 0.760. The molecule has 0 fully saturated rings. The largest absolute Gasteiger partial charge is 0.311 e. The second-order valence-corrected chi connectivity index (χ2v) is 5.62. The molecule has 1 unspecified atom stereocenters. The summed E-state index contributed by atoms with van der Waals surface area (Å²) in [4.78, 5) is 0. The van der Waals surface area contributed by atoms with E-state index in [1.54, 1.807) is 12.1 Å². The van der Waals surface area contributed by atoms with E-state index < -0.39 is 0 Å². The van der Waals surface area contributed by atoms with Gasteiger partial charge in [0.1, 0.15) is 0 Å². The summed E-state index contributed by atoms with van der Waals surface area (Å²) in [6, 6.07) is 15.4. The Morgan fingerprint density at radius 1 is 1.00 bits per heavy atom. The molecule has 2 aromatic rings. The van der Waals surface area contributed by atoms with Crippen LogP contribution in [0, 0.1) is 0 Å². The van der Waals surface area contributed by atoms with Crippen molar-refractivity contribution in [2.45, 2.75) is 11.9 Å². The zero-order valence-corrected chi connectivity index (χ0v) is 12.5. The number of halogens is 3. The standard InChI is InChI=1S/C15H14Cl3N/c16-13-6-7-14(17)12(8-13)9-19-10-15(18)11-4-2-1-3-5-11/h1-8,15,19H,9-10H2. The van der Waals surface area contributed by atoms with Crippen LogP contribution in [0.3, 0.4) is 0 Å². The van der Waals surface area contributed by atoms with Crippen LogP contribution in [0.1, 0.15) is 16.5 Å². The van der Waals surface area contributed by atoms with E-state index in [0.29, 0.717) is 23.1 Å². The Morgan fingerprint density at radius 3 is 2.47 bits per heavy atom. The topological polar surface area (TPSA) is 12.0 Å². The van der Waals surface area contributed by atoms with Crippen molar-refractivity contribution < 1.29 is 0 Å². The summed E-state index contributed by atoms with van der Waals surface area (Å²) in [7, 11) is 0. The fraction of sp³-hybridized carbons (Fsp3) is 0.200. The predicted octanol–water partition coefficient (Wildman–Crippen LogP) is 5.06. The lowest BCUT2D eigenvalue weighted by Crippen LogP contribution is -2.18. The average Bonchev–Trinajstić information content (AvgIpc) is 2.43. The Morgan fingerprint density at radius 2 is 1.74 bits per heavy atom. The molecule has 0 aliphatic heterocycles. The van der Waals surface area contributed by atoms with E-state index in [1.165, 1.54) is 0 Å². The van der Waals surface area contributed by atoms with Crippen molar-refractivity contribution in [1.29, 1.82) is 0 Å². The molecule has 2 rings (SSSR count). The maximum absolute atomic E-state index is 6.32. The van der Waals surface area contributed by atoms with Crippen molar-refractivity contribution in [3.8, 4) is 0 Å². The first-order valence-electron chi connectivity index (χ1n) is 6.00. The third-order valence-corrected chi connectivity index (χ3v) is 3.82. The molecule has 100 valence electrons. The molecule has 0 amide bonds. The number of rotatable bonds is 5. The minimum Gasteiger partial charge on any atom is -0.311 e. The first-order chi connectivity index (χ1) is 9.16. The third kappa shape index (κ3) is 4.39. The van der Waals surface area contributed by atoms with E-state index in [4.69, 9.17) is 34.8 Å². The van der Waals surface area contributed by atoms with Gasteiger partial charge in [0.15, 0.2) is 0 Å². The van der Waals surface area contributed by atoms with Crippen LogP contribution < -0.4 is 5.32 Å². The molecule has 1 atom stereocenters. The fourth-order valence-corrected chi connectivity index (χ4v) is 2.43. The minimum atomic E-state index is -0.0563. The molecule has 0 saturated carbocycles. The Balaban J connectivity index is 1.88. The Bertz CT molecular complexity index is 528. The Kier molecular flexibility index (Phi) is 5.53. The molecular weight excluding hydrogens is 301 g/mol. The molecule has 0 bridgehead atoms. The highest BCUT2D eigenvalue weighted by atomic mass is 35.5. The van der Waals surface area contributed by atoms with Crippen molar-refractivity contribution in [3.63, 3.8) is 0 Å². The number of hydrogen-bond donors (Lipinski definition) is 1. The van der Waals surface area contributed by atoms with Crippen molar-refractivity contribution >= 4 is 34.8 Å². The second-order valence-electron chi connectivity index (χ2n) is 4.24. The van der Waals surface area contributed by atoms with E-state index in [9.17, 15) is 0 Å². The van der Waals surface area contributed by atoms with Crippen LogP contribution in [0.15, 0.2) is 48.5 Å². The molecule has 19 heavy (non-hydrogen) atoms. The van der Waals surface area contributed by atoms with Crippen molar-refractivity contribution in [2.75, 3.05) is 6.54 Å². The zero-order chi connectivity index (χ0) is 13.7. The van der Waals surface area contributed by atoms with Crippen LogP contribution in [0.2, 0.25) is 10.0 Å². The monoisotopic (exact) mass is 313 g/mol. The Hall–Kier alpha value is -0.730. The number of nitrogens with one attached hydrogen (secondary N) is 1. The molecule has 0 heterocycles. The molecule has 0 saturated heterocycles. The maximum Gasteiger partial charge on any atom is 0.0709 e. The summed E-state index contributed by atoms with van der Waals surface area (Å²) >= 11 is 18.4. The van der Waals surface area contributed by atoms with Crippen LogP contribution in [0.25, 0.3) is 0 Å². The zero-order valence-electron chi connectivity index (χ0n) is 10.2. The Labute approximate surface area is 128 Å². The lowest BCUT2D eigenvalue weighted by atomic mass is 10.1. The molecule has 0 radical (unpaired) electrons. The SMILES string of the molecule is Clc1ccc(Cl)c(CNCC(Cl)c2ccccc2)c1. The van der Waals surface area contributed by atoms with Gasteiger partial charge in [-0.05, 0) is 29.3 Å². The van der Waals surface area contributed by atoms with E-state index in [0.717, 1.165) is 11.1 Å². The van der Waals surface area contributed by atoms with E-state index in [1.807, 2.05) is 36.4 Å². The van der Waals surface area contributed by atoms with Gasteiger partial charge in [-0.15, -0.1) is 11.6 Å². The molecule has 0 spiro atoms. The number of benzene rings is 2. The van der Waals surface area contributed by atoms with E-state index >= 15 is 0 Å². The van der Waals surface area contributed by atoms with Gasteiger partial charge in [-0.25, -0.2) is 0 Å². The molecular formula is C15H14Cl3N. The van der Waals surface area contributed by atoms with Gasteiger partial charge in [0.2, 0.25) is 0 Å². The van der Waals surface area contributed by atoms with Crippen molar-refractivity contribution in [1.82, 2.24) is 5.32 Å². The van der Waals surface area contributed by atoms with Crippen molar-refractivity contribution in [3.05, 3.63) is 69.7 Å². The minimum absolute atomic E-state index is 0.0563. The van der Waals surface area contributed by atoms with Crippen LogP contribution >= 0.6 is 34.8 Å². The van der Waals surface area contributed by atoms with E-state index in [2.05, 4.69) is 5.32 Å². The summed E-state index contributed by atoms with van der Waals surface area (Å²) in [5.74, 6) is 0. The van der Waals surface area contributed by atoms with Crippen LogP contribution in [0.5, 0.6) is 0 Å². The highest BCUT2D eigenvalue weighted by molar-refractivity contribution is 6.33. The van der Waals surface area contributed by atoms with Gasteiger partial charge in [-0.1, -0.05) is 53.5 Å². The molecule has 1 nitrogen and oxygen atoms in total. The van der Waals surface area contributed by atoms with Crippen molar-refractivity contribution in [2.24, 2.45) is 0 Å². The van der Waals surface area contributed by atoms with Crippen LogP contribution in [-0.4, -0.2) is 6.54 Å². The molecule has 0 aliphatic rings. The van der Waals surface area contributed by atoms with Gasteiger partial charge in [-0.3, -0.25) is 0 Å². The van der Waals surface area contributed by atoms with E-state index in [-0.39, 0.29) is 5.38 Å². The average molecular weight is 315 g/mol. The lowest BCUT2D eigenvalue weighted by Gasteiger charge is -2.12. The molecule has 0 aromatic heterocycles. The highest BCUT2D eigenvalue weighted by Gasteiger charge is 2.07. The smallest absolute Gasteiger partial charge is 0.0709 e. The predicted molar refractivity (Wildman–Crippen MR) is 83.2 cm³/mol. The highest BCUT2D eigenvalue weighted by Crippen LogP contribution is 2.22. The summed E-state index contributed by atoms with van der Waals surface area (Å²) in [6.45, 7) is 1.32. The summed E-state index contributed by atoms with van der Waals surface area (Å²) < 4.78 is 0. The fourth-order valence-electron chi connectivity index (χ4n) is 1.79. The van der Waals surface area contributed by atoms with Crippen LogP contribution in [-0.2, 0) is 6.54 Å². The van der Waals surface area contributed by atoms with Gasteiger partial charge in [0, 0.05) is 23.1 Å². The molecule has 1 N–H and O–H groups in total. The number of hydrogen-bond acceptors (Lipinski definition) is 1. The van der Waals surface area contributed by atoms with Gasteiger partial charge in [0.05, 0.1) is 5.38 Å². The van der Waals surface area contributed by atoms with Gasteiger partial charge < -0.3 is 5.32 Å². The maximum atomic E-state index is 6.32. The second kappa shape index (κ2) is 7.16. The normalized spacial score (nSPS) is 12.4. The summed E-state index contributed by atoms with van der Waals surface area (Å²) in [5.41, 5.74) is 2.08. The van der Waals surface area contributed by atoms with Gasteiger partial charge in [0.25, 0.3) is 0 Å². The molecule has 2 aromatic carbocycles. The third-order valence-electron chi connectivity index (χ3n) is 2.81. The van der Waals surface area contributed by atoms with Gasteiger partial charge >= 0.3 is 0 Å². The number of alkyl halides is 1. The van der Waals surface area contributed by atoms with Crippen LogP contribution in [0.4, 0.5) is 0 Å². The first-order valence-corrected chi connectivity index (χ1v) is 7.19.